The highest BCUT2D eigenvalue weighted by atomic mass is 33.1. The van der Waals surface area contributed by atoms with Gasteiger partial charge in [-0.25, -0.2) is 13.2 Å². The van der Waals surface area contributed by atoms with E-state index < -0.39 is 28.1 Å². The summed E-state index contributed by atoms with van der Waals surface area (Å²) in [7, 11) is -0.720. The number of hydrogen-bond donors (Lipinski definition) is 3. The number of hydrogen-bond acceptors (Lipinski definition) is 8. The van der Waals surface area contributed by atoms with E-state index in [4.69, 9.17) is 19.7 Å². The zero-order chi connectivity index (χ0) is 25.8. The Labute approximate surface area is 201 Å². The van der Waals surface area contributed by atoms with Gasteiger partial charge in [0.15, 0.2) is 0 Å². The molecular weight excluding hydrogens is 525 g/mol. The number of alkyl halides is 3. The molecule has 1 amide bonds. The average Bonchev–Trinajstić information content (AvgIpc) is 2.78. The smallest absolute Gasteiger partial charge is 0.481 e. The first-order valence-electron chi connectivity index (χ1n) is 9.58. The molecule has 2 rings (SSSR count). The van der Waals surface area contributed by atoms with E-state index in [-0.39, 0.29) is 22.8 Å². The summed E-state index contributed by atoms with van der Waals surface area (Å²) in [6.07, 6.45) is -4.98. The number of sulfonamides is 1. The topological polar surface area (TPSA) is 150 Å². The fourth-order valence-electron chi connectivity index (χ4n) is 2.29. The molecule has 34 heavy (non-hydrogen) atoms. The van der Waals surface area contributed by atoms with E-state index in [0.717, 1.165) is 0 Å². The molecule has 1 saturated heterocycles. The van der Waals surface area contributed by atoms with Crippen LogP contribution in [0.4, 0.5) is 13.2 Å². The second-order valence-electron chi connectivity index (χ2n) is 6.39. The second kappa shape index (κ2) is 14.4. The average molecular weight is 549 g/mol. The lowest BCUT2D eigenvalue weighted by atomic mass is 10.2. The first kappa shape index (κ1) is 30.0. The molecule has 0 spiro atoms. The predicted molar refractivity (Wildman–Crippen MR) is 119 cm³/mol. The lowest BCUT2D eigenvalue weighted by molar-refractivity contribution is -0.192. The third-order valence-corrected chi connectivity index (χ3v) is 8.20. The summed E-state index contributed by atoms with van der Waals surface area (Å²) < 4.78 is 63.6. The highest BCUT2D eigenvalue weighted by Gasteiger charge is 2.38. The molecule has 0 saturated carbocycles. The van der Waals surface area contributed by atoms with Crippen molar-refractivity contribution in [3.05, 3.63) is 29.8 Å². The van der Waals surface area contributed by atoms with Gasteiger partial charge in [-0.2, -0.15) is 17.5 Å². The minimum Gasteiger partial charge on any atom is -0.481 e. The number of nitrogens with one attached hydrogen (secondary N) is 1. The molecule has 0 aliphatic carbocycles. The fraction of sp³-hybridized carbons (Fsp3) is 0.500. The second-order valence-corrected chi connectivity index (χ2v) is 11.0. The van der Waals surface area contributed by atoms with Crippen molar-refractivity contribution < 1.29 is 50.9 Å². The molecule has 1 aliphatic rings. The van der Waals surface area contributed by atoms with Crippen LogP contribution in [0.2, 0.25) is 0 Å². The number of rotatable bonds is 10. The Hall–Kier alpha value is -2.01. The maximum atomic E-state index is 12.7. The minimum atomic E-state index is -5.08. The number of morpholine rings is 1. The summed E-state index contributed by atoms with van der Waals surface area (Å²) in [6, 6.07) is 5.99. The Balaban J connectivity index is 0.000000718. The molecule has 0 radical (unpaired) electrons. The number of halogens is 3. The van der Waals surface area contributed by atoms with Crippen molar-refractivity contribution in [3.8, 4) is 0 Å². The van der Waals surface area contributed by atoms with Crippen molar-refractivity contribution >= 4 is 49.5 Å². The molecule has 0 bridgehead atoms. The van der Waals surface area contributed by atoms with Crippen molar-refractivity contribution in [1.29, 1.82) is 0 Å². The van der Waals surface area contributed by atoms with Crippen molar-refractivity contribution in [2.45, 2.75) is 17.5 Å². The molecule has 1 aliphatic heterocycles. The first-order chi connectivity index (χ1) is 15.9. The molecular formula is C18H23F3N2O8S3. The van der Waals surface area contributed by atoms with E-state index in [1.807, 2.05) is 0 Å². The summed E-state index contributed by atoms with van der Waals surface area (Å²) in [6.45, 7) is 1.73. The van der Waals surface area contributed by atoms with E-state index in [9.17, 15) is 31.2 Å². The van der Waals surface area contributed by atoms with Crippen LogP contribution in [0.1, 0.15) is 16.8 Å². The van der Waals surface area contributed by atoms with Gasteiger partial charge in [-0.1, -0.05) is 27.7 Å². The monoisotopic (exact) mass is 548 g/mol. The lowest BCUT2D eigenvalue weighted by Gasteiger charge is -2.26. The first-order valence-corrected chi connectivity index (χ1v) is 13.5. The lowest BCUT2D eigenvalue weighted by Crippen LogP contribution is -2.40. The Morgan fingerprint density at radius 2 is 1.68 bits per heavy atom. The van der Waals surface area contributed by atoms with Crippen molar-refractivity contribution in [3.63, 3.8) is 0 Å². The predicted octanol–water partition coefficient (Wildman–Crippen LogP) is 1.93. The summed E-state index contributed by atoms with van der Waals surface area (Å²) in [4.78, 5) is 31.6. The maximum absolute atomic E-state index is 12.7. The van der Waals surface area contributed by atoms with Crippen molar-refractivity contribution in [2.75, 3.05) is 44.4 Å². The minimum absolute atomic E-state index is 0.0932. The number of aliphatic carboxylic acids is 2. The zero-order valence-corrected chi connectivity index (χ0v) is 20.1. The number of carboxylic acid groups (broad SMARTS) is 2. The standard InChI is InChI=1S/C16H22N2O6S3.C2HF3O2/c19-15(20)4-10-25-26-11-5-17-16(21)13-2-1-3-14(12-13)27(22,23)18-6-8-24-9-7-18;3-2(4,5)1(6)7/h1-3,12H,4-11H2,(H,17,21)(H,19,20);(H,6,7). The maximum Gasteiger partial charge on any atom is 0.490 e. The van der Waals surface area contributed by atoms with Crippen LogP contribution in [-0.4, -0.2) is 91.3 Å². The molecule has 1 heterocycles. The number of ether oxygens (including phenoxy) is 1. The number of benzene rings is 1. The number of carboxylic acids is 2. The van der Waals surface area contributed by atoms with Gasteiger partial charge in [-0.05, 0) is 18.2 Å². The Morgan fingerprint density at radius 1 is 1.09 bits per heavy atom. The summed E-state index contributed by atoms with van der Waals surface area (Å²) >= 11 is 0. The van der Waals surface area contributed by atoms with Crippen LogP contribution in [0.3, 0.4) is 0 Å². The molecule has 1 aromatic carbocycles. The SMILES string of the molecule is O=C(O)C(F)(F)F.O=C(O)CCSSCCNC(=O)c1cccc(S(=O)(=O)N2CCOCC2)c1. The molecule has 16 heteroatoms. The van der Waals surface area contributed by atoms with Gasteiger partial charge in [0.25, 0.3) is 5.91 Å². The van der Waals surface area contributed by atoms with E-state index in [2.05, 4.69) is 5.32 Å². The highest BCUT2D eigenvalue weighted by Crippen LogP contribution is 2.21. The molecule has 10 nitrogen and oxygen atoms in total. The number of carbonyl (C=O) groups is 3. The normalized spacial score (nSPS) is 14.6. The largest absolute Gasteiger partial charge is 0.490 e. The molecule has 0 aromatic heterocycles. The van der Waals surface area contributed by atoms with Crippen LogP contribution >= 0.6 is 21.6 Å². The summed E-state index contributed by atoms with van der Waals surface area (Å²) in [5.74, 6) is -2.79. The molecule has 1 aromatic rings. The third-order valence-electron chi connectivity index (χ3n) is 3.90. The fourth-order valence-corrected chi connectivity index (χ4v) is 5.63. The van der Waals surface area contributed by atoms with Gasteiger partial charge in [-0.3, -0.25) is 9.59 Å². The van der Waals surface area contributed by atoms with Crippen molar-refractivity contribution in [2.24, 2.45) is 0 Å². The van der Waals surface area contributed by atoms with E-state index >= 15 is 0 Å². The molecule has 0 atom stereocenters. The number of amides is 1. The Morgan fingerprint density at radius 3 is 2.24 bits per heavy atom. The molecule has 0 unspecified atom stereocenters. The van der Waals surface area contributed by atoms with Crippen LogP contribution in [0.5, 0.6) is 0 Å². The van der Waals surface area contributed by atoms with E-state index in [1.165, 1.54) is 38.0 Å². The van der Waals surface area contributed by atoms with Crippen LogP contribution in [0, 0.1) is 0 Å². The van der Waals surface area contributed by atoms with E-state index in [1.54, 1.807) is 12.1 Å². The quantitative estimate of drug-likeness (QED) is 0.292. The summed E-state index contributed by atoms with van der Waals surface area (Å²) in [5.41, 5.74) is 0.285. The van der Waals surface area contributed by atoms with Crippen LogP contribution in [0.25, 0.3) is 0 Å². The third kappa shape index (κ3) is 10.9. The van der Waals surface area contributed by atoms with Gasteiger partial charge in [-0.15, -0.1) is 0 Å². The Bertz CT molecular complexity index is 939. The Kier molecular flexibility index (Phi) is 12.7. The number of carbonyl (C=O) groups excluding carboxylic acids is 1. The molecule has 1 fully saturated rings. The van der Waals surface area contributed by atoms with Crippen LogP contribution in [-0.2, 0) is 24.3 Å². The van der Waals surface area contributed by atoms with Gasteiger partial charge in [0.2, 0.25) is 10.0 Å². The van der Waals surface area contributed by atoms with E-state index in [0.29, 0.717) is 44.4 Å². The molecule has 192 valence electrons. The zero-order valence-electron chi connectivity index (χ0n) is 17.6. The van der Waals surface area contributed by atoms with Gasteiger partial charge in [0.05, 0.1) is 24.5 Å². The number of nitrogens with zero attached hydrogens (tertiary/aromatic N) is 1. The van der Waals surface area contributed by atoms with Gasteiger partial charge >= 0.3 is 18.1 Å². The highest BCUT2D eigenvalue weighted by molar-refractivity contribution is 8.76. The van der Waals surface area contributed by atoms with Gasteiger partial charge < -0.3 is 20.3 Å². The van der Waals surface area contributed by atoms with Crippen LogP contribution < -0.4 is 5.32 Å². The summed E-state index contributed by atoms with van der Waals surface area (Å²) in [5, 5.41) is 18.4. The molecule has 3 N–H and O–H groups in total. The van der Waals surface area contributed by atoms with Crippen molar-refractivity contribution in [1.82, 2.24) is 9.62 Å². The van der Waals surface area contributed by atoms with Crippen LogP contribution in [0.15, 0.2) is 29.2 Å². The van der Waals surface area contributed by atoms with Gasteiger partial charge in [0, 0.05) is 36.7 Å². The van der Waals surface area contributed by atoms with Gasteiger partial charge in [0.1, 0.15) is 0 Å².